The Morgan fingerprint density at radius 2 is 2.29 bits per heavy atom. The minimum Gasteiger partial charge on any atom is -0.318 e. The highest BCUT2D eigenvalue weighted by atomic mass is 79.9. The van der Waals surface area contributed by atoms with Crippen LogP contribution in [0.15, 0.2) is 16.7 Å². The van der Waals surface area contributed by atoms with E-state index in [-0.39, 0.29) is 6.04 Å². The Labute approximate surface area is 138 Å². The lowest BCUT2D eigenvalue weighted by Crippen LogP contribution is -2.23. The zero-order valence-electron chi connectivity index (χ0n) is 12.5. The van der Waals surface area contributed by atoms with E-state index in [1.54, 1.807) is 0 Å². The lowest BCUT2D eigenvalue weighted by atomic mass is 10.1. The van der Waals surface area contributed by atoms with E-state index in [2.05, 4.69) is 46.1 Å². The van der Waals surface area contributed by atoms with Crippen LogP contribution in [0.3, 0.4) is 0 Å². The summed E-state index contributed by atoms with van der Waals surface area (Å²) in [5.41, 5.74) is 9.12. The van der Waals surface area contributed by atoms with Crippen LogP contribution < -0.4 is 5.73 Å². The van der Waals surface area contributed by atoms with E-state index in [4.69, 9.17) is 5.73 Å². The molecule has 4 nitrogen and oxygen atoms in total. The highest BCUT2D eigenvalue weighted by molar-refractivity contribution is 9.10. The molecule has 3 rings (SSSR count). The lowest BCUT2D eigenvalue weighted by molar-refractivity contribution is 0.368. The number of thiophene rings is 1. The SMILES string of the molecule is CN(C)CCn1ncc(Br)c1C(N)c1cc2c(s1)CCC2. The van der Waals surface area contributed by atoms with Crippen molar-refractivity contribution in [2.75, 3.05) is 20.6 Å². The van der Waals surface area contributed by atoms with Gasteiger partial charge in [-0.25, -0.2) is 0 Å². The molecule has 0 saturated heterocycles. The number of rotatable bonds is 5. The third-order valence-electron chi connectivity index (χ3n) is 3.96. The number of nitrogens with zero attached hydrogens (tertiary/aromatic N) is 3. The molecule has 6 heteroatoms. The molecule has 0 spiro atoms. The maximum absolute atomic E-state index is 6.54. The predicted molar refractivity (Wildman–Crippen MR) is 90.9 cm³/mol. The molecule has 0 aromatic carbocycles. The van der Waals surface area contributed by atoms with E-state index in [0.29, 0.717) is 0 Å². The first-order valence-corrected chi connectivity index (χ1v) is 8.90. The van der Waals surface area contributed by atoms with Crippen LogP contribution in [0, 0.1) is 0 Å². The van der Waals surface area contributed by atoms with Crippen molar-refractivity contribution in [2.45, 2.75) is 31.8 Å². The summed E-state index contributed by atoms with van der Waals surface area (Å²) in [5, 5.41) is 4.47. The van der Waals surface area contributed by atoms with Crippen LogP contribution in [0.2, 0.25) is 0 Å². The van der Waals surface area contributed by atoms with E-state index >= 15 is 0 Å². The summed E-state index contributed by atoms with van der Waals surface area (Å²) in [6.07, 6.45) is 5.57. The van der Waals surface area contributed by atoms with Gasteiger partial charge < -0.3 is 10.6 Å². The number of aryl methyl sites for hydroxylation is 2. The lowest BCUT2D eigenvalue weighted by Gasteiger charge is -2.16. The van der Waals surface area contributed by atoms with Gasteiger partial charge in [0.2, 0.25) is 0 Å². The zero-order valence-corrected chi connectivity index (χ0v) is 14.9. The van der Waals surface area contributed by atoms with E-state index in [1.165, 1.54) is 34.6 Å². The average Bonchev–Trinajstić information content (AvgIpc) is 3.09. The van der Waals surface area contributed by atoms with E-state index in [1.807, 2.05) is 22.2 Å². The molecule has 1 unspecified atom stereocenters. The monoisotopic (exact) mass is 368 g/mol. The summed E-state index contributed by atoms with van der Waals surface area (Å²) in [5.74, 6) is 0. The molecule has 0 saturated carbocycles. The number of likely N-dealkylation sites (N-methyl/N-ethyl adjacent to an activating group) is 1. The molecular weight excluding hydrogens is 348 g/mol. The Hall–Kier alpha value is -0.690. The maximum Gasteiger partial charge on any atom is 0.0828 e. The molecule has 0 bridgehead atoms. The Bertz CT molecular complexity index is 610. The van der Waals surface area contributed by atoms with Crippen LogP contribution in [0.25, 0.3) is 0 Å². The second kappa shape index (κ2) is 6.20. The molecule has 0 aliphatic heterocycles. The van der Waals surface area contributed by atoms with Gasteiger partial charge in [-0.3, -0.25) is 4.68 Å². The number of aromatic nitrogens is 2. The summed E-state index contributed by atoms with van der Waals surface area (Å²) in [6, 6.07) is 2.20. The van der Waals surface area contributed by atoms with Gasteiger partial charge in [-0.15, -0.1) is 11.3 Å². The average molecular weight is 369 g/mol. The molecule has 2 heterocycles. The minimum atomic E-state index is -0.0976. The standard InChI is InChI=1S/C15H21BrN4S/c1-19(2)6-7-20-15(11(16)9-18-20)14(17)13-8-10-4-3-5-12(10)21-13/h8-9,14H,3-7,17H2,1-2H3. The van der Waals surface area contributed by atoms with E-state index in [9.17, 15) is 0 Å². The second-order valence-electron chi connectivity index (χ2n) is 5.83. The first-order chi connectivity index (χ1) is 10.1. The van der Waals surface area contributed by atoms with Crippen molar-refractivity contribution in [1.29, 1.82) is 0 Å². The first-order valence-electron chi connectivity index (χ1n) is 7.29. The van der Waals surface area contributed by atoms with Gasteiger partial charge in [0.1, 0.15) is 0 Å². The third kappa shape index (κ3) is 3.08. The quantitative estimate of drug-likeness (QED) is 0.882. The first kappa shape index (κ1) is 15.2. The van der Waals surface area contributed by atoms with Gasteiger partial charge in [0.05, 0.1) is 29.0 Å². The molecule has 2 aromatic rings. The second-order valence-corrected chi connectivity index (χ2v) is 7.86. The van der Waals surface area contributed by atoms with Gasteiger partial charge in [-0.1, -0.05) is 0 Å². The molecule has 0 radical (unpaired) electrons. The fourth-order valence-corrected chi connectivity index (χ4v) is 4.60. The number of fused-ring (bicyclic) bond motifs is 1. The van der Waals surface area contributed by atoms with Crippen molar-refractivity contribution in [1.82, 2.24) is 14.7 Å². The molecule has 114 valence electrons. The molecular formula is C15H21BrN4S. The summed E-state index contributed by atoms with van der Waals surface area (Å²) < 4.78 is 3.03. The third-order valence-corrected chi connectivity index (χ3v) is 5.89. The summed E-state index contributed by atoms with van der Waals surface area (Å²) in [6.45, 7) is 1.81. The Balaban J connectivity index is 1.86. The maximum atomic E-state index is 6.54. The minimum absolute atomic E-state index is 0.0976. The Kier molecular flexibility index (Phi) is 4.49. The number of nitrogens with two attached hydrogens (primary N) is 1. The summed E-state index contributed by atoms with van der Waals surface area (Å²) in [4.78, 5) is 4.94. The molecule has 2 N–H and O–H groups in total. The van der Waals surface area contributed by atoms with Crippen LogP contribution >= 0.6 is 27.3 Å². The Morgan fingerprint density at radius 1 is 1.48 bits per heavy atom. The fourth-order valence-electron chi connectivity index (χ4n) is 2.79. The predicted octanol–water partition coefficient (Wildman–Crippen LogP) is 2.81. The van der Waals surface area contributed by atoms with Crippen molar-refractivity contribution in [3.8, 4) is 0 Å². The molecule has 1 aliphatic rings. The van der Waals surface area contributed by atoms with Crippen molar-refractivity contribution in [3.63, 3.8) is 0 Å². The van der Waals surface area contributed by atoms with Gasteiger partial charge in [-0.2, -0.15) is 5.10 Å². The van der Waals surface area contributed by atoms with Crippen molar-refractivity contribution < 1.29 is 0 Å². The smallest absolute Gasteiger partial charge is 0.0828 e. The van der Waals surface area contributed by atoms with Gasteiger partial charge in [0.25, 0.3) is 0 Å². The van der Waals surface area contributed by atoms with Gasteiger partial charge >= 0.3 is 0 Å². The molecule has 1 atom stereocenters. The Morgan fingerprint density at radius 3 is 3.00 bits per heavy atom. The number of hydrogen-bond donors (Lipinski definition) is 1. The normalized spacial score (nSPS) is 15.7. The highest BCUT2D eigenvalue weighted by Gasteiger charge is 2.23. The highest BCUT2D eigenvalue weighted by Crippen LogP contribution is 2.36. The van der Waals surface area contributed by atoms with E-state index < -0.39 is 0 Å². The van der Waals surface area contributed by atoms with Gasteiger partial charge in [0.15, 0.2) is 0 Å². The van der Waals surface area contributed by atoms with Crippen LogP contribution in [0.1, 0.15) is 33.5 Å². The van der Waals surface area contributed by atoms with Crippen molar-refractivity contribution in [3.05, 3.63) is 37.7 Å². The molecule has 2 aromatic heterocycles. The zero-order chi connectivity index (χ0) is 15.0. The van der Waals surface area contributed by atoms with Crippen LogP contribution in [-0.4, -0.2) is 35.3 Å². The largest absolute Gasteiger partial charge is 0.318 e. The van der Waals surface area contributed by atoms with Crippen LogP contribution in [-0.2, 0) is 19.4 Å². The molecule has 0 amide bonds. The molecule has 1 aliphatic carbocycles. The number of halogens is 1. The van der Waals surface area contributed by atoms with Gasteiger partial charge in [-0.05, 0) is 60.9 Å². The topological polar surface area (TPSA) is 47.1 Å². The van der Waals surface area contributed by atoms with Crippen molar-refractivity contribution in [2.24, 2.45) is 5.73 Å². The van der Waals surface area contributed by atoms with Crippen molar-refractivity contribution >= 4 is 27.3 Å². The van der Waals surface area contributed by atoms with Gasteiger partial charge in [0, 0.05) is 16.3 Å². The fraction of sp³-hybridized carbons (Fsp3) is 0.533. The number of hydrogen-bond acceptors (Lipinski definition) is 4. The molecule has 0 fully saturated rings. The van der Waals surface area contributed by atoms with Crippen LogP contribution in [0.4, 0.5) is 0 Å². The van der Waals surface area contributed by atoms with Crippen LogP contribution in [0.5, 0.6) is 0 Å². The summed E-state index contributed by atoms with van der Waals surface area (Å²) in [7, 11) is 4.14. The summed E-state index contributed by atoms with van der Waals surface area (Å²) >= 11 is 5.48. The van der Waals surface area contributed by atoms with E-state index in [0.717, 1.165) is 23.3 Å². The molecule has 21 heavy (non-hydrogen) atoms.